The molecule has 0 aromatic carbocycles. The van der Waals surface area contributed by atoms with Gasteiger partial charge in [0.25, 0.3) is 0 Å². The molecule has 19 heavy (non-hydrogen) atoms. The molecule has 2 N–H and O–H groups in total. The molecule has 0 atom stereocenters. The Labute approximate surface area is 112 Å². The first-order valence-electron chi connectivity index (χ1n) is 6.44. The van der Waals surface area contributed by atoms with Gasteiger partial charge in [-0.3, -0.25) is 4.68 Å². The highest BCUT2D eigenvalue weighted by Gasteiger charge is 2.07. The van der Waals surface area contributed by atoms with Crippen molar-refractivity contribution < 1.29 is 4.74 Å². The van der Waals surface area contributed by atoms with Gasteiger partial charge in [0.15, 0.2) is 5.75 Å². The Morgan fingerprint density at radius 2 is 2.16 bits per heavy atom. The average Bonchev–Trinajstić information content (AvgIpc) is 2.77. The quantitative estimate of drug-likeness (QED) is 0.894. The molecule has 0 unspecified atom stereocenters. The molecule has 2 aromatic heterocycles. The highest BCUT2D eigenvalue weighted by atomic mass is 16.5. The predicted molar refractivity (Wildman–Crippen MR) is 73.1 cm³/mol. The molecule has 2 aromatic rings. The van der Waals surface area contributed by atoms with Gasteiger partial charge in [0, 0.05) is 18.5 Å². The zero-order valence-electron chi connectivity index (χ0n) is 11.5. The second-order valence-electron chi connectivity index (χ2n) is 4.65. The molecule has 0 saturated carbocycles. The summed E-state index contributed by atoms with van der Waals surface area (Å²) in [6.45, 7) is 6.18. The van der Waals surface area contributed by atoms with Crippen LogP contribution in [0.25, 0.3) is 0 Å². The molecule has 0 radical (unpaired) electrons. The maximum absolute atomic E-state index is 5.74. The topological polar surface area (TPSA) is 78.9 Å². The second-order valence-corrected chi connectivity index (χ2v) is 4.65. The van der Waals surface area contributed by atoms with Crippen molar-refractivity contribution >= 4 is 5.82 Å². The Balaban J connectivity index is 2.17. The molecule has 0 amide bonds. The lowest BCUT2D eigenvalue weighted by molar-refractivity contribution is 0.455. The van der Waals surface area contributed by atoms with Crippen molar-refractivity contribution in [2.24, 2.45) is 0 Å². The fraction of sp³-hybridized carbons (Fsp3) is 0.462. The first-order chi connectivity index (χ1) is 9.08. The van der Waals surface area contributed by atoms with E-state index < -0.39 is 0 Å². The molecule has 0 aliphatic carbocycles. The van der Waals surface area contributed by atoms with E-state index >= 15 is 0 Å². The van der Waals surface area contributed by atoms with Gasteiger partial charge >= 0.3 is 0 Å². The van der Waals surface area contributed by atoms with Crippen LogP contribution >= 0.6 is 0 Å². The number of aryl methyl sites for hydroxylation is 1. The van der Waals surface area contributed by atoms with E-state index in [0.29, 0.717) is 29.3 Å². The number of nitrogens with two attached hydrogens (primary N) is 1. The Hall–Kier alpha value is -2.11. The Morgan fingerprint density at radius 3 is 2.79 bits per heavy atom. The molecule has 0 aliphatic rings. The zero-order valence-corrected chi connectivity index (χ0v) is 11.5. The molecule has 6 heteroatoms. The first kappa shape index (κ1) is 13.3. The number of ether oxygens (including phenoxy) is 1. The molecule has 0 fully saturated rings. The zero-order chi connectivity index (χ0) is 13.8. The molecule has 102 valence electrons. The molecule has 0 bridgehead atoms. The van der Waals surface area contributed by atoms with Crippen LogP contribution in [0.15, 0.2) is 18.5 Å². The number of nitrogen functional groups attached to an aromatic ring is 1. The minimum absolute atomic E-state index is 0.295. The highest BCUT2D eigenvalue weighted by Crippen LogP contribution is 2.21. The first-order valence-corrected chi connectivity index (χ1v) is 6.44. The summed E-state index contributed by atoms with van der Waals surface area (Å²) in [6, 6.07) is 1.91. The maximum Gasteiger partial charge on any atom is 0.224 e. The van der Waals surface area contributed by atoms with Crippen molar-refractivity contribution in [3.8, 4) is 11.6 Å². The van der Waals surface area contributed by atoms with E-state index in [-0.39, 0.29) is 0 Å². The lowest BCUT2D eigenvalue weighted by Gasteiger charge is -2.06. The Bertz CT molecular complexity index is 550. The van der Waals surface area contributed by atoms with E-state index in [2.05, 4.69) is 35.8 Å². The van der Waals surface area contributed by atoms with Gasteiger partial charge in [-0.05, 0) is 20.3 Å². The number of nitrogens with zero attached hydrogens (tertiary/aromatic N) is 4. The summed E-state index contributed by atoms with van der Waals surface area (Å²) < 4.78 is 7.49. The summed E-state index contributed by atoms with van der Waals surface area (Å²) in [5, 5.41) is 4.21. The minimum Gasteiger partial charge on any atom is -0.436 e. The van der Waals surface area contributed by atoms with E-state index in [0.717, 1.165) is 12.8 Å². The monoisotopic (exact) mass is 261 g/mol. The van der Waals surface area contributed by atoms with Crippen LogP contribution in [-0.2, 0) is 6.42 Å². The van der Waals surface area contributed by atoms with Gasteiger partial charge in [-0.15, -0.1) is 0 Å². The van der Waals surface area contributed by atoms with E-state index in [9.17, 15) is 0 Å². The molecule has 0 aliphatic heterocycles. The van der Waals surface area contributed by atoms with Gasteiger partial charge < -0.3 is 10.5 Å². The number of anilines is 1. The summed E-state index contributed by atoms with van der Waals surface area (Å²) in [6.07, 6.45) is 5.25. The number of aromatic nitrogens is 4. The lowest BCUT2D eigenvalue weighted by atomic mass is 10.3. The minimum atomic E-state index is 0.295. The summed E-state index contributed by atoms with van der Waals surface area (Å²) in [7, 11) is 0. The van der Waals surface area contributed by atoms with E-state index in [1.165, 1.54) is 0 Å². The molecular weight excluding hydrogens is 242 g/mol. The normalized spacial score (nSPS) is 10.9. The van der Waals surface area contributed by atoms with Crippen molar-refractivity contribution in [2.75, 3.05) is 5.73 Å². The number of hydrogen-bond acceptors (Lipinski definition) is 5. The SMILES string of the molecule is CCCc1nc(N)cc(Oc2cnn(C(C)C)c2)n1. The van der Waals surface area contributed by atoms with Gasteiger partial charge in [-0.2, -0.15) is 10.1 Å². The van der Waals surface area contributed by atoms with Crippen molar-refractivity contribution in [2.45, 2.75) is 39.7 Å². The number of rotatable bonds is 5. The largest absolute Gasteiger partial charge is 0.436 e. The van der Waals surface area contributed by atoms with Crippen LogP contribution in [0.3, 0.4) is 0 Å². The fourth-order valence-corrected chi connectivity index (χ4v) is 1.66. The highest BCUT2D eigenvalue weighted by molar-refractivity contribution is 5.34. The van der Waals surface area contributed by atoms with Crippen LogP contribution in [-0.4, -0.2) is 19.7 Å². The van der Waals surface area contributed by atoms with Gasteiger partial charge in [0.2, 0.25) is 5.88 Å². The second kappa shape index (κ2) is 5.69. The smallest absolute Gasteiger partial charge is 0.224 e. The van der Waals surface area contributed by atoms with Crippen LogP contribution in [0.2, 0.25) is 0 Å². The molecule has 6 nitrogen and oxygen atoms in total. The van der Waals surface area contributed by atoms with Crippen LogP contribution < -0.4 is 10.5 Å². The van der Waals surface area contributed by atoms with Crippen molar-refractivity contribution in [3.05, 3.63) is 24.3 Å². The number of hydrogen-bond donors (Lipinski definition) is 1. The third-order valence-electron chi connectivity index (χ3n) is 2.57. The summed E-state index contributed by atoms with van der Waals surface area (Å²) in [5.74, 6) is 2.23. The van der Waals surface area contributed by atoms with E-state index in [1.807, 2.05) is 10.9 Å². The lowest BCUT2D eigenvalue weighted by Crippen LogP contribution is -2.01. The Kier molecular flexibility index (Phi) is 3.99. The van der Waals surface area contributed by atoms with Crippen LogP contribution in [0.1, 0.15) is 39.1 Å². The molecule has 2 heterocycles. The van der Waals surface area contributed by atoms with Crippen molar-refractivity contribution in [1.29, 1.82) is 0 Å². The third-order valence-corrected chi connectivity index (χ3v) is 2.57. The van der Waals surface area contributed by atoms with Gasteiger partial charge in [0.05, 0.1) is 12.4 Å². The van der Waals surface area contributed by atoms with E-state index in [1.54, 1.807) is 12.3 Å². The predicted octanol–water partition coefficient (Wildman–Crippen LogP) is 2.58. The molecule has 0 saturated heterocycles. The van der Waals surface area contributed by atoms with Crippen molar-refractivity contribution in [1.82, 2.24) is 19.7 Å². The van der Waals surface area contributed by atoms with Crippen LogP contribution in [0.4, 0.5) is 5.82 Å². The summed E-state index contributed by atoms with van der Waals surface area (Å²) in [5.41, 5.74) is 5.74. The standard InChI is InChI=1S/C13H19N5O/c1-4-5-12-16-11(14)6-13(17-12)19-10-7-15-18(8-10)9(2)3/h6-9H,4-5H2,1-3H3,(H2,14,16,17). The maximum atomic E-state index is 5.74. The van der Waals surface area contributed by atoms with E-state index in [4.69, 9.17) is 10.5 Å². The van der Waals surface area contributed by atoms with Gasteiger partial charge in [-0.1, -0.05) is 6.92 Å². The average molecular weight is 261 g/mol. The summed E-state index contributed by atoms with van der Waals surface area (Å²) >= 11 is 0. The molecule has 2 rings (SSSR count). The third kappa shape index (κ3) is 3.43. The molecule has 0 spiro atoms. The van der Waals surface area contributed by atoms with Gasteiger partial charge in [-0.25, -0.2) is 4.98 Å². The fourth-order valence-electron chi connectivity index (χ4n) is 1.66. The summed E-state index contributed by atoms with van der Waals surface area (Å²) in [4.78, 5) is 8.49. The van der Waals surface area contributed by atoms with Crippen LogP contribution in [0.5, 0.6) is 11.6 Å². The molecular formula is C13H19N5O. The van der Waals surface area contributed by atoms with Gasteiger partial charge in [0.1, 0.15) is 11.6 Å². The van der Waals surface area contributed by atoms with Crippen LogP contribution in [0, 0.1) is 0 Å². The Morgan fingerprint density at radius 1 is 1.37 bits per heavy atom. The van der Waals surface area contributed by atoms with Crippen molar-refractivity contribution in [3.63, 3.8) is 0 Å².